The van der Waals surface area contributed by atoms with Crippen LogP contribution in [-0.4, -0.2) is 47.6 Å². The summed E-state index contributed by atoms with van der Waals surface area (Å²) >= 11 is 6.29. The van der Waals surface area contributed by atoms with Crippen molar-refractivity contribution in [2.45, 2.75) is 44.6 Å². The minimum Gasteiger partial charge on any atom is -0.481 e. The minimum absolute atomic E-state index is 0.113. The number of amides is 1. The van der Waals surface area contributed by atoms with E-state index in [1.807, 2.05) is 29.2 Å². The van der Waals surface area contributed by atoms with Crippen LogP contribution in [0.5, 0.6) is 0 Å². The molecule has 2 atom stereocenters. The zero-order valence-corrected chi connectivity index (χ0v) is 15.1. The Bertz CT molecular complexity index is 637. The molecule has 0 aliphatic carbocycles. The first-order valence-electron chi connectivity index (χ1n) is 9.08. The van der Waals surface area contributed by atoms with Gasteiger partial charge in [-0.2, -0.15) is 0 Å². The number of carboxylic acid groups (broad SMARTS) is 1. The largest absolute Gasteiger partial charge is 0.481 e. The minimum atomic E-state index is -0.740. The number of likely N-dealkylation sites (tertiary alicyclic amines) is 1. The number of carbonyl (C=O) groups is 2. The van der Waals surface area contributed by atoms with Gasteiger partial charge >= 0.3 is 5.97 Å². The molecule has 0 aromatic heterocycles. The predicted molar refractivity (Wildman–Crippen MR) is 98.0 cm³/mol. The zero-order valence-electron chi connectivity index (χ0n) is 14.4. The van der Waals surface area contributed by atoms with Crippen LogP contribution in [-0.2, 0) is 9.59 Å². The van der Waals surface area contributed by atoms with Crippen LogP contribution < -0.4 is 4.90 Å². The van der Waals surface area contributed by atoms with Crippen LogP contribution in [0.2, 0.25) is 5.02 Å². The van der Waals surface area contributed by atoms with Crippen molar-refractivity contribution < 1.29 is 14.7 Å². The molecule has 3 rings (SSSR count). The molecule has 1 N–H and O–H groups in total. The average molecular weight is 365 g/mol. The highest BCUT2D eigenvalue weighted by Crippen LogP contribution is 2.31. The fraction of sp³-hybridized carbons (Fsp3) is 0.579. The number of aliphatic carboxylic acids is 1. The van der Waals surface area contributed by atoms with Gasteiger partial charge in [0.15, 0.2) is 0 Å². The number of para-hydroxylation sites is 1. The van der Waals surface area contributed by atoms with E-state index in [0.29, 0.717) is 23.9 Å². The number of hydrogen-bond donors (Lipinski definition) is 1. The normalized spacial score (nSPS) is 25.2. The van der Waals surface area contributed by atoms with Crippen molar-refractivity contribution in [1.82, 2.24) is 4.90 Å². The van der Waals surface area contributed by atoms with Crippen molar-refractivity contribution in [2.75, 3.05) is 24.5 Å². The third-order valence-electron chi connectivity index (χ3n) is 5.31. The molecular formula is C19H25ClN2O3. The SMILES string of the molecule is O=C(O)CCC1CCCN(C2CCCN(c3ccccc3Cl)C2=O)C1. The molecule has 1 aromatic carbocycles. The van der Waals surface area contributed by atoms with Crippen molar-refractivity contribution in [2.24, 2.45) is 5.92 Å². The number of halogens is 1. The lowest BCUT2D eigenvalue weighted by Crippen LogP contribution is -2.55. The lowest BCUT2D eigenvalue weighted by atomic mass is 9.91. The van der Waals surface area contributed by atoms with Gasteiger partial charge in [-0.15, -0.1) is 0 Å². The summed E-state index contributed by atoms with van der Waals surface area (Å²) in [6.45, 7) is 2.44. The summed E-state index contributed by atoms with van der Waals surface area (Å²) in [5.41, 5.74) is 0.790. The third kappa shape index (κ3) is 4.33. The van der Waals surface area contributed by atoms with Crippen molar-refractivity contribution in [1.29, 1.82) is 0 Å². The molecule has 2 aliphatic heterocycles. The Kier molecular flexibility index (Phi) is 5.97. The molecule has 2 heterocycles. The van der Waals surface area contributed by atoms with E-state index in [9.17, 15) is 9.59 Å². The molecule has 25 heavy (non-hydrogen) atoms. The van der Waals surface area contributed by atoms with E-state index in [2.05, 4.69) is 4.90 Å². The molecule has 2 saturated heterocycles. The van der Waals surface area contributed by atoms with Gasteiger partial charge in [0.2, 0.25) is 5.91 Å². The van der Waals surface area contributed by atoms with Gasteiger partial charge in [0.25, 0.3) is 0 Å². The Morgan fingerprint density at radius 2 is 1.96 bits per heavy atom. The number of nitrogens with zero attached hydrogens (tertiary/aromatic N) is 2. The van der Waals surface area contributed by atoms with E-state index in [-0.39, 0.29) is 18.4 Å². The first kappa shape index (κ1) is 18.2. The maximum absolute atomic E-state index is 13.1. The molecule has 2 fully saturated rings. The number of rotatable bonds is 5. The first-order chi connectivity index (χ1) is 12.1. The fourth-order valence-corrected chi connectivity index (χ4v) is 4.29. The van der Waals surface area contributed by atoms with E-state index in [0.717, 1.165) is 44.5 Å². The van der Waals surface area contributed by atoms with E-state index in [4.69, 9.17) is 16.7 Å². The van der Waals surface area contributed by atoms with Crippen LogP contribution in [0.15, 0.2) is 24.3 Å². The second-order valence-electron chi connectivity index (χ2n) is 7.03. The van der Waals surface area contributed by atoms with Gasteiger partial charge in [0.1, 0.15) is 0 Å². The Balaban J connectivity index is 1.68. The summed E-state index contributed by atoms with van der Waals surface area (Å²) in [7, 11) is 0. The predicted octanol–water partition coefficient (Wildman–Crippen LogP) is 3.41. The molecule has 2 unspecified atom stereocenters. The number of anilines is 1. The molecule has 0 radical (unpaired) electrons. The van der Waals surface area contributed by atoms with E-state index in [1.165, 1.54) is 0 Å². The number of carboxylic acids is 1. The van der Waals surface area contributed by atoms with Crippen LogP contribution >= 0.6 is 11.6 Å². The molecule has 1 aromatic rings. The number of hydrogen-bond acceptors (Lipinski definition) is 3. The first-order valence-corrected chi connectivity index (χ1v) is 9.46. The monoisotopic (exact) mass is 364 g/mol. The quantitative estimate of drug-likeness (QED) is 0.869. The summed E-state index contributed by atoms with van der Waals surface area (Å²) < 4.78 is 0. The van der Waals surface area contributed by atoms with Gasteiger partial charge < -0.3 is 10.0 Å². The van der Waals surface area contributed by atoms with E-state index >= 15 is 0 Å². The summed E-state index contributed by atoms with van der Waals surface area (Å²) in [5.74, 6) is -0.248. The zero-order chi connectivity index (χ0) is 17.8. The van der Waals surface area contributed by atoms with Crippen molar-refractivity contribution >= 4 is 29.2 Å². The molecular weight excluding hydrogens is 340 g/mol. The van der Waals surface area contributed by atoms with Gasteiger partial charge in [-0.3, -0.25) is 14.5 Å². The highest BCUT2D eigenvalue weighted by molar-refractivity contribution is 6.33. The maximum atomic E-state index is 13.1. The lowest BCUT2D eigenvalue weighted by molar-refractivity contribution is -0.137. The summed E-state index contributed by atoms with van der Waals surface area (Å²) in [6.07, 6.45) is 4.81. The number of carbonyl (C=O) groups excluding carboxylic acids is 1. The molecule has 0 saturated carbocycles. The van der Waals surface area contributed by atoms with Gasteiger partial charge in [-0.25, -0.2) is 0 Å². The van der Waals surface area contributed by atoms with Crippen LogP contribution in [0, 0.1) is 5.92 Å². The Labute approximate surface area is 153 Å². The van der Waals surface area contributed by atoms with Gasteiger partial charge in [0, 0.05) is 19.5 Å². The Hall–Kier alpha value is -1.59. The Morgan fingerprint density at radius 1 is 1.20 bits per heavy atom. The molecule has 2 aliphatic rings. The third-order valence-corrected chi connectivity index (χ3v) is 5.63. The van der Waals surface area contributed by atoms with Crippen LogP contribution in [0.4, 0.5) is 5.69 Å². The molecule has 0 bridgehead atoms. The van der Waals surface area contributed by atoms with Gasteiger partial charge in [0.05, 0.1) is 16.8 Å². The molecule has 0 spiro atoms. The summed E-state index contributed by atoms with van der Waals surface area (Å²) in [5, 5.41) is 9.51. The highest BCUT2D eigenvalue weighted by Gasteiger charge is 2.36. The lowest BCUT2D eigenvalue weighted by Gasteiger charge is -2.42. The Morgan fingerprint density at radius 3 is 2.72 bits per heavy atom. The van der Waals surface area contributed by atoms with E-state index < -0.39 is 5.97 Å². The molecule has 5 nitrogen and oxygen atoms in total. The van der Waals surface area contributed by atoms with Gasteiger partial charge in [-0.05, 0) is 56.7 Å². The maximum Gasteiger partial charge on any atom is 0.303 e. The van der Waals surface area contributed by atoms with Crippen LogP contribution in [0.25, 0.3) is 0 Å². The van der Waals surface area contributed by atoms with E-state index in [1.54, 1.807) is 0 Å². The molecule has 6 heteroatoms. The molecule has 136 valence electrons. The van der Waals surface area contributed by atoms with Crippen LogP contribution in [0.1, 0.15) is 38.5 Å². The van der Waals surface area contributed by atoms with Crippen LogP contribution in [0.3, 0.4) is 0 Å². The second kappa shape index (κ2) is 8.19. The number of piperidine rings is 2. The summed E-state index contributed by atoms with van der Waals surface area (Å²) in [6, 6.07) is 7.37. The topological polar surface area (TPSA) is 60.9 Å². The smallest absolute Gasteiger partial charge is 0.303 e. The fourth-order valence-electron chi connectivity index (χ4n) is 4.05. The van der Waals surface area contributed by atoms with Crippen molar-refractivity contribution in [3.05, 3.63) is 29.3 Å². The van der Waals surface area contributed by atoms with Crippen molar-refractivity contribution in [3.8, 4) is 0 Å². The summed E-state index contributed by atoms with van der Waals surface area (Å²) in [4.78, 5) is 28.0. The van der Waals surface area contributed by atoms with Gasteiger partial charge in [-0.1, -0.05) is 23.7 Å². The second-order valence-corrected chi connectivity index (χ2v) is 7.44. The highest BCUT2D eigenvalue weighted by atomic mass is 35.5. The molecule has 1 amide bonds. The average Bonchev–Trinajstić information content (AvgIpc) is 2.61. The van der Waals surface area contributed by atoms with Crippen molar-refractivity contribution in [3.63, 3.8) is 0 Å². The standard InChI is InChI=1S/C19H25ClN2O3/c20-15-6-1-2-7-16(15)22-12-4-8-17(19(22)25)21-11-3-5-14(13-21)9-10-18(23)24/h1-2,6-7,14,17H,3-5,8-13H2,(H,23,24). The number of benzene rings is 1.